The van der Waals surface area contributed by atoms with Gasteiger partial charge in [0.05, 0.1) is 0 Å². The Labute approximate surface area is 189 Å². The third-order valence-corrected chi connectivity index (χ3v) is 5.40. The van der Waals surface area contributed by atoms with Gasteiger partial charge in [0.15, 0.2) is 0 Å². The monoisotopic (exact) mass is 446 g/mol. The highest BCUT2D eigenvalue weighted by Gasteiger charge is 2.20. The summed E-state index contributed by atoms with van der Waals surface area (Å²) in [5.41, 5.74) is 4.40. The third kappa shape index (κ3) is 4.59. The first kappa shape index (κ1) is 22.1. The summed E-state index contributed by atoms with van der Waals surface area (Å²) in [5.74, 6) is -0.415. The zero-order chi connectivity index (χ0) is 23.7. The number of rotatable bonds is 5. The highest BCUT2D eigenvalue weighted by molar-refractivity contribution is 5.91. The molecule has 0 fully saturated rings. The molecule has 0 saturated carbocycles. The summed E-state index contributed by atoms with van der Waals surface area (Å²) in [6.07, 6.45) is 0. The van der Waals surface area contributed by atoms with E-state index >= 15 is 0 Å². The second-order valence-corrected chi connectivity index (χ2v) is 8.03. The van der Waals surface area contributed by atoms with Crippen LogP contribution in [-0.2, 0) is 11.3 Å². The van der Waals surface area contributed by atoms with Crippen LogP contribution in [0.4, 0.5) is 10.1 Å². The van der Waals surface area contributed by atoms with E-state index in [4.69, 9.17) is 4.52 Å². The Morgan fingerprint density at radius 1 is 1.03 bits per heavy atom. The van der Waals surface area contributed by atoms with Gasteiger partial charge in [-0.25, -0.2) is 4.39 Å². The summed E-state index contributed by atoms with van der Waals surface area (Å²) in [4.78, 5) is 30.4. The molecular formula is C25H23FN4O3. The van der Waals surface area contributed by atoms with Crippen LogP contribution < -0.4 is 10.9 Å². The Morgan fingerprint density at radius 2 is 1.76 bits per heavy atom. The van der Waals surface area contributed by atoms with Crippen LogP contribution in [-0.4, -0.2) is 20.6 Å². The first-order valence-corrected chi connectivity index (χ1v) is 10.4. The number of carbonyl (C=O) groups is 1. The Kier molecular flexibility index (Phi) is 5.91. The Morgan fingerprint density at radius 3 is 2.45 bits per heavy atom. The number of aromatic nitrogens is 3. The highest BCUT2D eigenvalue weighted by Crippen LogP contribution is 2.23. The quantitative estimate of drug-likeness (QED) is 0.485. The molecule has 0 atom stereocenters. The lowest BCUT2D eigenvalue weighted by Crippen LogP contribution is -2.30. The molecule has 4 rings (SSSR count). The van der Waals surface area contributed by atoms with Gasteiger partial charge in [0.25, 0.3) is 11.4 Å². The number of aryl methyl sites for hydroxylation is 4. The predicted octanol–water partition coefficient (Wildman–Crippen LogP) is 4.58. The maximum absolute atomic E-state index is 13.3. The molecule has 0 aliphatic carbocycles. The van der Waals surface area contributed by atoms with Crippen molar-refractivity contribution in [1.82, 2.24) is 14.7 Å². The van der Waals surface area contributed by atoms with Crippen LogP contribution >= 0.6 is 0 Å². The van der Waals surface area contributed by atoms with Gasteiger partial charge in [-0.15, -0.1) is 0 Å². The molecule has 8 heteroatoms. The molecule has 0 aliphatic rings. The van der Waals surface area contributed by atoms with Crippen LogP contribution in [0, 0.1) is 33.5 Å². The van der Waals surface area contributed by atoms with Crippen LogP contribution in [0.5, 0.6) is 0 Å². The van der Waals surface area contributed by atoms with E-state index < -0.39 is 5.56 Å². The Bertz CT molecular complexity index is 1400. The van der Waals surface area contributed by atoms with E-state index in [-0.39, 0.29) is 35.5 Å². The Hall–Kier alpha value is -4.07. The number of nitrogens with one attached hydrogen (secondary N) is 1. The molecule has 0 saturated heterocycles. The fourth-order valence-electron chi connectivity index (χ4n) is 3.71. The molecule has 4 aromatic rings. The van der Waals surface area contributed by atoms with Gasteiger partial charge in [0.1, 0.15) is 17.9 Å². The molecule has 2 aromatic heterocycles. The predicted molar refractivity (Wildman–Crippen MR) is 123 cm³/mol. The minimum Gasteiger partial charge on any atom is -0.333 e. The van der Waals surface area contributed by atoms with E-state index in [1.807, 2.05) is 32.0 Å². The van der Waals surface area contributed by atoms with Crippen LogP contribution in [0.2, 0.25) is 0 Å². The molecule has 2 aromatic carbocycles. The van der Waals surface area contributed by atoms with E-state index in [2.05, 4.69) is 15.5 Å². The fraction of sp³-hybridized carbons (Fsp3) is 0.200. The molecule has 0 bridgehead atoms. The van der Waals surface area contributed by atoms with Crippen molar-refractivity contribution in [3.05, 3.63) is 87.1 Å². The minimum atomic E-state index is -0.405. The Balaban J connectivity index is 1.64. The number of halogens is 1. The molecule has 0 radical (unpaired) electrons. The van der Waals surface area contributed by atoms with Crippen molar-refractivity contribution >= 4 is 11.6 Å². The van der Waals surface area contributed by atoms with Crippen molar-refractivity contribution in [3.8, 4) is 22.8 Å². The lowest BCUT2D eigenvalue weighted by Gasteiger charge is -2.14. The van der Waals surface area contributed by atoms with E-state index in [0.29, 0.717) is 22.5 Å². The molecule has 0 aliphatic heterocycles. The number of benzene rings is 2. The summed E-state index contributed by atoms with van der Waals surface area (Å²) in [5, 5.41) is 6.79. The van der Waals surface area contributed by atoms with Crippen LogP contribution in [0.25, 0.3) is 22.8 Å². The molecule has 0 unspecified atom stereocenters. The van der Waals surface area contributed by atoms with Gasteiger partial charge >= 0.3 is 0 Å². The second-order valence-electron chi connectivity index (χ2n) is 8.03. The number of anilines is 1. The highest BCUT2D eigenvalue weighted by atomic mass is 19.1. The molecule has 1 amide bonds. The minimum absolute atomic E-state index is 0.0420. The number of amides is 1. The van der Waals surface area contributed by atoms with Gasteiger partial charge in [0, 0.05) is 16.9 Å². The summed E-state index contributed by atoms with van der Waals surface area (Å²) < 4.78 is 19.9. The second kappa shape index (κ2) is 8.82. The van der Waals surface area contributed by atoms with Crippen LogP contribution in [0.1, 0.15) is 22.4 Å². The maximum atomic E-state index is 13.3. The summed E-state index contributed by atoms with van der Waals surface area (Å²) >= 11 is 0. The summed E-state index contributed by atoms with van der Waals surface area (Å²) in [6.45, 7) is 7.27. The molecule has 33 heavy (non-hydrogen) atoms. The van der Waals surface area contributed by atoms with E-state index in [1.165, 1.54) is 28.8 Å². The van der Waals surface area contributed by atoms with Gasteiger partial charge in [-0.3, -0.25) is 9.59 Å². The van der Waals surface area contributed by atoms with Crippen LogP contribution in [0.15, 0.2) is 57.8 Å². The lowest BCUT2D eigenvalue weighted by molar-refractivity contribution is -0.116. The molecule has 168 valence electrons. The average Bonchev–Trinajstić information content (AvgIpc) is 3.23. The fourth-order valence-corrected chi connectivity index (χ4v) is 3.71. The topological polar surface area (TPSA) is 90.0 Å². The van der Waals surface area contributed by atoms with Gasteiger partial charge in [-0.05, 0) is 75.2 Å². The van der Waals surface area contributed by atoms with E-state index in [0.717, 1.165) is 11.1 Å². The van der Waals surface area contributed by atoms with E-state index in [9.17, 15) is 14.0 Å². The average molecular weight is 446 g/mol. The van der Waals surface area contributed by atoms with Gasteiger partial charge in [-0.1, -0.05) is 22.9 Å². The van der Waals surface area contributed by atoms with Crippen LogP contribution in [0.3, 0.4) is 0 Å². The van der Waals surface area contributed by atoms with Gasteiger partial charge < -0.3 is 14.4 Å². The summed E-state index contributed by atoms with van der Waals surface area (Å²) in [6, 6.07) is 13.2. The molecule has 0 spiro atoms. The smallest absolute Gasteiger partial charge is 0.264 e. The molecule has 7 nitrogen and oxygen atoms in total. The van der Waals surface area contributed by atoms with Crippen molar-refractivity contribution in [2.75, 3.05) is 5.32 Å². The largest absolute Gasteiger partial charge is 0.333 e. The number of hydrogen-bond acceptors (Lipinski definition) is 5. The maximum Gasteiger partial charge on any atom is 0.264 e. The number of pyridine rings is 1. The molecular weight excluding hydrogens is 423 g/mol. The lowest BCUT2D eigenvalue weighted by atomic mass is 10.1. The van der Waals surface area contributed by atoms with Crippen molar-refractivity contribution in [1.29, 1.82) is 0 Å². The van der Waals surface area contributed by atoms with Crippen molar-refractivity contribution in [3.63, 3.8) is 0 Å². The van der Waals surface area contributed by atoms with Gasteiger partial charge in [0.2, 0.25) is 11.7 Å². The first-order chi connectivity index (χ1) is 15.7. The molecule has 1 N–H and O–H groups in total. The third-order valence-electron chi connectivity index (χ3n) is 5.40. The SMILES string of the molecule is Cc1ccc(NC(=O)Cn2c(C)cc(C)c(-c3nc(-c4ccc(F)cc4)no3)c2=O)c(C)c1. The first-order valence-electron chi connectivity index (χ1n) is 10.4. The standard InChI is InChI=1S/C25H23FN4O3/c1-14-5-10-20(15(2)11-14)27-21(31)13-30-17(4)12-16(3)22(25(30)32)24-28-23(29-33-24)18-6-8-19(26)9-7-18/h5-12H,13H2,1-4H3,(H,27,31). The zero-order valence-electron chi connectivity index (χ0n) is 18.8. The summed E-state index contributed by atoms with van der Waals surface area (Å²) in [7, 11) is 0. The zero-order valence-corrected chi connectivity index (χ0v) is 18.8. The normalized spacial score (nSPS) is 10.9. The van der Waals surface area contributed by atoms with E-state index in [1.54, 1.807) is 19.9 Å². The number of nitrogens with zero attached hydrogens (tertiary/aromatic N) is 3. The number of carbonyl (C=O) groups excluding carboxylic acids is 1. The van der Waals surface area contributed by atoms with Crippen molar-refractivity contribution in [2.24, 2.45) is 0 Å². The van der Waals surface area contributed by atoms with Crippen molar-refractivity contribution < 1.29 is 13.7 Å². The number of hydrogen-bond donors (Lipinski definition) is 1. The molecule has 2 heterocycles. The van der Waals surface area contributed by atoms with Gasteiger partial charge in [-0.2, -0.15) is 4.98 Å². The van der Waals surface area contributed by atoms with Crippen molar-refractivity contribution in [2.45, 2.75) is 34.2 Å².